The maximum Gasteiger partial charge on any atom is 0.306 e. The molecule has 0 aliphatic rings. The van der Waals surface area contributed by atoms with Crippen LogP contribution in [0.2, 0.25) is 0 Å². The summed E-state index contributed by atoms with van der Waals surface area (Å²) in [7, 11) is 0. The second-order valence-corrected chi connectivity index (χ2v) is 20.6. The topological polar surface area (TPSA) is 78.9 Å². The highest BCUT2D eigenvalue weighted by molar-refractivity contribution is 5.71. The minimum atomic E-state index is -0.807. The molecule has 0 aromatic rings. The Morgan fingerprint density at radius 2 is 0.506 bits per heavy atom. The van der Waals surface area contributed by atoms with Crippen LogP contribution < -0.4 is 0 Å². The highest BCUT2D eigenvalue weighted by Gasteiger charge is 2.19. The fourth-order valence-electron chi connectivity index (χ4n) is 8.47. The lowest BCUT2D eigenvalue weighted by molar-refractivity contribution is -0.167. The third-order valence-corrected chi connectivity index (χ3v) is 13.2. The van der Waals surface area contributed by atoms with E-state index in [0.29, 0.717) is 12.8 Å². The summed E-state index contributed by atoms with van der Waals surface area (Å²) in [4.78, 5) is 38.3. The van der Waals surface area contributed by atoms with Crippen LogP contribution in [0.3, 0.4) is 0 Å². The van der Waals surface area contributed by atoms with Gasteiger partial charge in [0.05, 0.1) is 0 Å². The van der Waals surface area contributed by atoms with Gasteiger partial charge in [-0.15, -0.1) is 0 Å². The summed E-state index contributed by atoms with van der Waals surface area (Å²) >= 11 is 0. The van der Waals surface area contributed by atoms with Crippen LogP contribution in [-0.4, -0.2) is 37.2 Å². The maximum atomic E-state index is 12.9. The number of hydrogen-bond acceptors (Lipinski definition) is 6. The Morgan fingerprint density at radius 1 is 0.273 bits per heavy atom. The second kappa shape index (κ2) is 64.1. The first-order chi connectivity index (χ1) is 38.0. The molecule has 0 saturated heterocycles. The van der Waals surface area contributed by atoms with Crippen LogP contribution in [-0.2, 0) is 28.6 Å². The molecule has 0 spiro atoms. The standard InChI is InChI=1S/C71H116O6/c1-4-7-10-13-16-19-22-25-28-30-32-33-34-35-36-37-39-40-43-46-49-52-55-58-61-64-70(73)76-67-68(66-75-69(72)63-60-57-54-51-48-45-42-27-24-21-18-15-12-9-6-3)77-71(74)65-62-59-56-53-50-47-44-41-38-31-29-26-23-20-17-14-11-8-5-2/h7-8,10-11,16-17,19-20,25-26,28-29,32-33,35-36,38-41,47,50,68H,4-6,9,12-15,18,21-24,27,30-31,34,37,42-46,48-49,51-67H2,1-3H3/b10-7-,11-8-,19-16-,20-17-,28-25-,29-26-,33-32-,36-35-,40-39-,41-38-,50-47-. The normalized spacial score (nSPS) is 13.0. The molecule has 0 aromatic carbocycles. The van der Waals surface area contributed by atoms with E-state index in [2.05, 4.69) is 154 Å². The van der Waals surface area contributed by atoms with Gasteiger partial charge in [-0.3, -0.25) is 14.4 Å². The summed E-state index contributed by atoms with van der Waals surface area (Å²) in [6, 6.07) is 0. The van der Waals surface area contributed by atoms with Crippen molar-refractivity contribution in [1.29, 1.82) is 0 Å². The molecule has 0 aromatic heterocycles. The van der Waals surface area contributed by atoms with E-state index in [1.54, 1.807) is 0 Å². The molecule has 0 aliphatic heterocycles. The van der Waals surface area contributed by atoms with Crippen LogP contribution in [0.5, 0.6) is 0 Å². The van der Waals surface area contributed by atoms with Gasteiger partial charge in [-0.1, -0.05) is 276 Å². The summed E-state index contributed by atoms with van der Waals surface area (Å²) in [5.41, 5.74) is 0. The third kappa shape index (κ3) is 62.3. The SMILES string of the molecule is CC/C=C\C/C=C\C/C=C\C/C=C\C/C=C\C/C=C\CCCCCCCCC(=O)OCC(COC(=O)CCCCCCCCCCCCCCCCC)OC(=O)CCCCC/C=C\C/C=C\C/C=C\C/C=C\C/C=C\CC. The Kier molecular flexibility index (Phi) is 60.4. The first-order valence-electron chi connectivity index (χ1n) is 31.7. The van der Waals surface area contributed by atoms with E-state index >= 15 is 0 Å². The summed E-state index contributed by atoms with van der Waals surface area (Å²) in [5.74, 6) is -0.942. The minimum absolute atomic E-state index is 0.0980. The van der Waals surface area contributed by atoms with Gasteiger partial charge >= 0.3 is 17.9 Å². The number of hydrogen-bond donors (Lipinski definition) is 0. The predicted octanol–water partition coefficient (Wildman–Crippen LogP) is 21.8. The minimum Gasteiger partial charge on any atom is -0.462 e. The Morgan fingerprint density at radius 3 is 0.805 bits per heavy atom. The number of allylic oxidation sites excluding steroid dienone is 22. The van der Waals surface area contributed by atoms with Gasteiger partial charge in [0.15, 0.2) is 6.10 Å². The highest BCUT2D eigenvalue weighted by atomic mass is 16.6. The number of carbonyl (C=O) groups excluding carboxylic acids is 3. The van der Waals surface area contributed by atoms with Crippen molar-refractivity contribution in [2.45, 2.75) is 284 Å². The van der Waals surface area contributed by atoms with Crippen molar-refractivity contribution < 1.29 is 28.6 Å². The summed E-state index contributed by atoms with van der Waals surface area (Å²) < 4.78 is 16.9. The monoisotopic (exact) mass is 1060 g/mol. The lowest BCUT2D eigenvalue weighted by atomic mass is 10.0. The number of esters is 3. The second-order valence-electron chi connectivity index (χ2n) is 20.6. The quantitative estimate of drug-likeness (QED) is 0.0261. The van der Waals surface area contributed by atoms with Crippen molar-refractivity contribution in [3.05, 3.63) is 134 Å². The molecule has 0 radical (unpaired) electrons. The summed E-state index contributed by atoms with van der Waals surface area (Å²) in [6.45, 7) is 6.39. The average Bonchev–Trinajstić information content (AvgIpc) is 3.43. The van der Waals surface area contributed by atoms with Crippen molar-refractivity contribution in [2.75, 3.05) is 13.2 Å². The van der Waals surface area contributed by atoms with Gasteiger partial charge in [0, 0.05) is 19.3 Å². The molecular weight excluding hydrogens is 949 g/mol. The van der Waals surface area contributed by atoms with Crippen molar-refractivity contribution in [2.24, 2.45) is 0 Å². The lowest BCUT2D eigenvalue weighted by Crippen LogP contribution is -2.30. The molecule has 0 aliphatic carbocycles. The van der Waals surface area contributed by atoms with E-state index in [9.17, 15) is 14.4 Å². The average molecular weight is 1070 g/mol. The zero-order valence-corrected chi connectivity index (χ0v) is 49.9. The zero-order valence-electron chi connectivity index (χ0n) is 49.9. The van der Waals surface area contributed by atoms with E-state index in [1.807, 2.05) is 0 Å². The van der Waals surface area contributed by atoms with E-state index < -0.39 is 6.10 Å². The molecule has 1 unspecified atom stereocenters. The van der Waals surface area contributed by atoms with Gasteiger partial charge in [0.1, 0.15) is 13.2 Å². The van der Waals surface area contributed by atoms with E-state index in [0.717, 1.165) is 148 Å². The number of ether oxygens (including phenoxy) is 3. The van der Waals surface area contributed by atoms with Crippen molar-refractivity contribution in [3.8, 4) is 0 Å². The Labute approximate surface area is 475 Å². The van der Waals surface area contributed by atoms with Crippen LogP contribution >= 0.6 is 0 Å². The molecule has 6 nitrogen and oxygen atoms in total. The maximum absolute atomic E-state index is 12.9. The molecule has 0 saturated carbocycles. The van der Waals surface area contributed by atoms with Crippen molar-refractivity contribution in [3.63, 3.8) is 0 Å². The smallest absolute Gasteiger partial charge is 0.306 e. The molecule has 0 N–H and O–H groups in total. The largest absolute Gasteiger partial charge is 0.462 e. The summed E-state index contributed by atoms with van der Waals surface area (Å²) in [6.07, 6.45) is 90.2. The van der Waals surface area contributed by atoms with Gasteiger partial charge in [0.2, 0.25) is 0 Å². The first-order valence-corrected chi connectivity index (χ1v) is 31.7. The lowest BCUT2D eigenvalue weighted by Gasteiger charge is -2.18. The van der Waals surface area contributed by atoms with Gasteiger partial charge in [-0.05, 0) is 116 Å². The van der Waals surface area contributed by atoms with Crippen LogP contribution in [0.25, 0.3) is 0 Å². The molecule has 0 bridgehead atoms. The summed E-state index contributed by atoms with van der Waals surface area (Å²) in [5, 5.41) is 0. The molecule has 77 heavy (non-hydrogen) atoms. The molecule has 1 atom stereocenters. The molecular formula is C71H116O6. The number of carbonyl (C=O) groups is 3. The van der Waals surface area contributed by atoms with Gasteiger partial charge in [-0.25, -0.2) is 0 Å². The molecule has 0 rings (SSSR count). The third-order valence-electron chi connectivity index (χ3n) is 13.2. The fraction of sp³-hybridized carbons (Fsp3) is 0.648. The Hall–Kier alpha value is -4.45. The van der Waals surface area contributed by atoms with Crippen LogP contribution in [0.4, 0.5) is 0 Å². The van der Waals surface area contributed by atoms with Gasteiger partial charge in [0.25, 0.3) is 0 Å². The van der Waals surface area contributed by atoms with Crippen LogP contribution in [0.15, 0.2) is 134 Å². The van der Waals surface area contributed by atoms with Crippen LogP contribution in [0, 0.1) is 0 Å². The van der Waals surface area contributed by atoms with Crippen molar-refractivity contribution in [1.82, 2.24) is 0 Å². The van der Waals surface area contributed by atoms with E-state index in [4.69, 9.17) is 14.2 Å². The molecule has 0 amide bonds. The molecule has 436 valence electrons. The predicted molar refractivity (Wildman–Crippen MR) is 334 cm³/mol. The Balaban J connectivity index is 4.46. The van der Waals surface area contributed by atoms with Crippen molar-refractivity contribution >= 4 is 17.9 Å². The van der Waals surface area contributed by atoms with E-state index in [1.165, 1.54) is 89.9 Å². The Bertz CT molecular complexity index is 1650. The zero-order chi connectivity index (χ0) is 55.7. The molecule has 6 heteroatoms. The number of unbranched alkanes of at least 4 members (excludes halogenated alkanes) is 23. The first kappa shape index (κ1) is 72.5. The number of rotatable bonds is 56. The molecule has 0 fully saturated rings. The van der Waals surface area contributed by atoms with Crippen LogP contribution in [0.1, 0.15) is 278 Å². The molecule has 0 heterocycles. The van der Waals surface area contributed by atoms with E-state index in [-0.39, 0.29) is 37.5 Å². The van der Waals surface area contributed by atoms with Gasteiger partial charge < -0.3 is 14.2 Å². The fourth-order valence-corrected chi connectivity index (χ4v) is 8.47. The highest BCUT2D eigenvalue weighted by Crippen LogP contribution is 2.15. The van der Waals surface area contributed by atoms with Gasteiger partial charge in [-0.2, -0.15) is 0 Å².